The first kappa shape index (κ1) is 17.9. The van der Waals surface area contributed by atoms with Gasteiger partial charge < -0.3 is 24.8 Å². The molecule has 26 heavy (non-hydrogen) atoms. The average Bonchev–Trinajstić information content (AvgIpc) is 2.89. The largest absolute Gasteiger partial charge is 0.497 e. The average molecular weight is 355 g/mol. The summed E-state index contributed by atoms with van der Waals surface area (Å²) in [5, 5.41) is 6.60. The van der Waals surface area contributed by atoms with Crippen molar-refractivity contribution in [3.63, 3.8) is 0 Å². The van der Waals surface area contributed by atoms with Crippen molar-refractivity contribution in [3.8, 4) is 17.2 Å². The Balaban J connectivity index is 1.65. The van der Waals surface area contributed by atoms with Crippen molar-refractivity contribution >= 4 is 11.6 Å². The van der Waals surface area contributed by atoms with Gasteiger partial charge in [-0.1, -0.05) is 6.07 Å². The lowest BCUT2D eigenvalue weighted by molar-refractivity contribution is 0.297. The van der Waals surface area contributed by atoms with Gasteiger partial charge in [0.1, 0.15) is 5.75 Å². The zero-order chi connectivity index (χ0) is 18.4. The number of rotatable bonds is 4. The molecule has 1 aliphatic heterocycles. The molecule has 0 unspecified atom stereocenters. The van der Waals surface area contributed by atoms with Crippen LogP contribution >= 0.6 is 0 Å². The standard InChI is InChI=1S/C20H25N3O3/c1-14-9-15(11-17(10-14)24-3)13-22-20(21-2)23-16-5-6-18-19(12-16)26-8-4-7-25-18/h5-6,9-12H,4,7-8,13H2,1-3H3,(H2,21,22,23). The van der Waals surface area contributed by atoms with Crippen molar-refractivity contribution < 1.29 is 14.2 Å². The Morgan fingerprint density at radius 3 is 2.69 bits per heavy atom. The SMILES string of the molecule is CN=C(NCc1cc(C)cc(OC)c1)Nc1ccc2c(c1)OCCCO2. The van der Waals surface area contributed by atoms with E-state index in [9.17, 15) is 0 Å². The molecule has 0 amide bonds. The molecular formula is C20H25N3O3. The molecule has 0 radical (unpaired) electrons. The molecule has 2 aromatic carbocycles. The lowest BCUT2D eigenvalue weighted by atomic mass is 10.1. The molecule has 2 aromatic rings. The van der Waals surface area contributed by atoms with Gasteiger partial charge in [0, 0.05) is 31.8 Å². The van der Waals surface area contributed by atoms with Crippen molar-refractivity contribution in [1.82, 2.24) is 5.32 Å². The van der Waals surface area contributed by atoms with E-state index in [2.05, 4.69) is 28.6 Å². The predicted octanol–water partition coefficient (Wildman–Crippen LogP) is 3.35. The highest BCUT2D eigenvalue weighted by atomic mass is 16.5. The molecule has 0 saturated heterocycles. The summed E-state index contributed by atoms with van der Waals surface area (Å²) in [4.78, 5) is 4.29. The summed E-state index contributed by atoms with van der Waals surface area (Å²) in [6, 6.07) is 12.0. The zero-order valence-corrected chi connectivity index (χ0v) is 15.5. The van der Waals surface area contributed by atoms with Crippen molar-refractivity contribution in [2.75, 3.05) is 32.7 Å². The molecule has 0 spiro atoms. The summed E-state index contributed by atoms with van der Waals surface area (Å²) in [6.45, 7) is 4.04. The van der Waals surface area contributed by atoms with Gasteiger partial charge >= 0.3 is 0 Å². The van der Waals surface area contributed by atoms with E-state index in [1.54, 1.807) is 14.2 Å². The highest BCUT2D eigenvalue weighted by Crippen LogP contribution is 2.32. The summed E-state index contributed by atoms with van der Waals surface area (Å²) in [5.74, 6) is 3.07. The number of anilines is 1. The third kappa shape index (κ3) is 4.59. The Kier molecular flexibility index (Phi) is 5.84. The number of guanidine groups is 1. The van der Waals surface area contributed by atoms with Crippen molar-refractivity contribution in [1.29, 1.82) is 0 Å². The first-order valence-electron chi connectivity index (χ1n) is 8.70. The number of hydrogen-bond acceptors (Lipinski definition) is 4. The summed E-state index contributed by atoms with van der Waals surface area (Å²) in [7, 11) is 3.42. The van der Waals surface area contributed by atoms with E-state index >= 15 is 0 Å². The minimum atomic E-state index is 0.641. The molecular weight excluding hydrogens is 330 g/mol. The number of aryl methyl sites for hydroxylation is 1. The van der Waals surface area contributed by atoms with E-state index in [1.807, 2.05) is 30.3 Å². The van der Waals surface area contributed by atoms with Crippen molar-refractivity contribution in [2.24, 2.45) is 4.99 Å². The second kappa shape index (κ2) is 8.47. The summed E-state index contributed by atoms with van der Waals surface area (Å²) in [5.41, 5.74) is 3.18. The number of methoxy groups -OCH3 is 1. The molecule has 0 atom stereocenters. The van der Waals surface area contributed by atoms with Crippen LogP contribution in [-0.4, -0.2) is 33.3 Å². The Morgan fingerprint density at radius 1 is 1.12 bits per heavy atom. The van der Waals surface area contributed by atoms with Gasteiger partial charge in [-0.25, -0.2) is 0 Å². The summed E-state index contributed by atoms with van der Waals surface area (Å²) in [6.07, 6.45) is 0.890. The van der Waals surface area contributed by atoms with Crippen LogP contribution in [0, 0.1) is 6.92 Å². The van der Waals surface area contributed by atoms with Crippen LogP contribution in [0.2, 0.25) is 0 Å². The second-order valence-corrected chi connectivity index (χ2v) is 6.12. The first-order valence-corrected chi connectivity index (χ1v) is 8.70. The maximum Gasteiger partial charge on any atom is 0.195 e. The molecule has 6 heteroatoms. The second-order valence-electron chi connectivity index (χ2n) is 6.12. The molecule has 2 N–H and O–H groups in total. The van der Waals surface area contributed by atoms with Gasteiger partial charge in [-0.2, -0.15) is 0 Å². The van der Waals surface area contributed by atoms with E-state index in [-0.39, 0.29) is 0 Å². The lowest BCUT2D eigenvalue weighted by Crippen LogP contribution is -2.30. The van der Waals surface area contributed by atoms with Crippen LogP contribution in [0.5, 0.6) is 17.2 Å². The number of benzene rings is 2. The number of hydrogen-bond donors (Lipinski definition) is 2. The fourth-order valence-corrected chi connectivity index (χ4v) is 2.79. The number of nitrogens with zero attached hydrogens (tertiary/aromatic N) is 1. The van der Waals surface area contributed by atoms with E-state index in [0.717, 1.165) is 40.5 Å². The van der Waals surface area contributed by atoms with E-state index in [1.165, 1.54) is 0 Å². The maximum atomic E-state index is 5.73. The zero-order valence-electron chi connectivity index (χ0n) is 15.5. The van der Waals surface area contributed by atoms with Crippen LogP contribution in [0.1, 0.15) is 17.5 Å². The molecule has 138 valence electrons. The fourth-order valence-electron chi connectivity index (χ4n) is 2.79. The van der Waals surface area contributed by atoms with Gasteiger partial charge in [0.25, 0.3) is 0 Å². The highest BCUT2D eigenvalue weighted by molar-refractivity contribution is 5.93. The van der Waals surface area contributed by atoms with Gasteiger partial charge in [-0.05, 0) is 42.3 Å². The van der Waals surface area contributed by atoms with Gasteiger partial charge in [0.15, 0.2) is 17.5 Å². The number of ether oxygens (including phenoxy) is 3. The van der Waals surface area contributed by atoms with Crippen LogP contribution < -0.4 is 24.8 Å². The lowest BCUT2D eigenvalue weighted by Gasteiger charge is -2.14. The van der Waals surface area contributed by atoms with Gasteiger partial charge in [0.05, 0.1) is 20.3 Å². The molecule has 0 saturated carbocycles. The molecule has 1 aliphatic rings. The molecule has 0 aliphatic carbocycles. The normalized spacial score (nSPS) is 13.7. The molecule has 3 rings (SSSR count). The third-order valence-electron chi connectivity index (χ3n) is 4.04. The summed E-state index contributed by atoms with van der Waals surface area (Å²) >= 11 is 0. The molecule has 1 heterocycles. The van der Waals surface area contributed by atoms with Crippen LogP contribution in [0.3, 0.4) is 0 Å². The highest BCUT2D eigenvalue weighted by Gasteiger charge is 2.11. The molecule has 0 fully saturated rings. The third-order valence-corrected chi connectivity index (χ3v) is 4.04. The number of aliphatic imine (C=N–C) groups is 1. The smallest absolute Gasteiger partial charge is 0.195 e. The Labute approximate surface area is 154 Å². The van der Waals surface area contributed by atoms with Crippen molar-refractivity contribution in [3.05, 3.63) is 47.5 Å². The van der Waals surface area contributed by atoms with Crippen LogP contribution in [0.15, 0.2) is 41.4 Å². The van der Waals surface area contributed by atoms with Gasteiger partial charge in [-0.15, -0.1) is 0 Å². The Hall–Kier alpha value is -2.89. The number of fused-ring (bicyclic) bond motifs is 1. The van der Waals surface area contributed by atoms with Gasteiger partial charge in [-0.3, -0.25) is 4.99 Å². The quantitative estimate of drug-likeness (QED) is 0.650. The molecule has 0 bridgehead atoms. The Bertz CT molecular complexity index is 790. The first-order chi connectivity index (χ1) is 12.7. The minimum Gasteiger partial charge on any atom is -0.497 e. The monoisotopic (exact) mass is 355 g/mol. The van der Waals surface area contributed by atoms with Gasteiger partial charge in [0.2, 0.25) is 0 Å². The summed E-state index contributed by atoms with van der Waals surface area (Å²) < 4.78 is 16.7. The maximum absolute atomic E-state index is 5.73. The van der Waals surface area contributed by atoms with E-state index in [0.29, 0.717) is 25.7 Å². The topological polar surface area (TPSA) is 64.1 Å². The molecule has 6 nitrogen and oxygen atoms in total. The van der Waals surface area contributed by atoms with E-state index < -0.39 is 0 Å². The predicted molar refractivity (Wildman–Crippen MR) is 104 cm³/mol. The molecule has 0 aromatic heterocycles. The van der Waals surface area contributed by atoms with Crippen LogP contribution in [0.25, 0.3) is 0 Å². The number of nitrogens with one attached hydrogen (secondary N) is 2. The fraction of sp³-hybridized carbons (Fsp3) is 0.350. The van der Waals surface area contributed by atoms with Crippen molar-refractivity contribution in [2.45, 2.75) is 19.9 Å². The van der Waals surface area contributed by atoms with E-state index in [4.69, 9.17) is 14.2 Å². The minimum absolute atomic E-state index is 0.641. The Morgan fingerprint density at radius 2 is 1.92 bits per heavy atom. The van der Waals surface area contributed by atoms with Crippen LogP contribution in [0.4, 0.5) is 5.69 Å². The van der Waals surface area contributed by atoms with Crippen LogP contribution in [-0.2, 0) is 6.54 Å².